The van der Waals surface area contributed by atoms with Crippen molar-refractivity contribution in [1.82, 2.24) is 9.88 Å². The van der Waals surface area contributed by atoms with E-state index in [9.17, 15) is 9.90 Å². The van der Waals surface area contributed by atoms with E-state index in [0.717, 1.165) is 10.9 Å². The molecule has 2 N–H and O–H groups in total. The van der Waals surface area contributed by atoms with Gasteiger partial charge < -0.3 is 15.0 Å². The van der Waals surface area contributed by atoms with Crippen molar-refractivity contribution in [2.75, 3.05) is 6.54 Å². The standard InChI is InChI=1S/C17H24N2O2/c1-10(2)19(9-12(4)20)17(21)16-8-14-13(5)11(3)6-7-15(14)18-16/h6-8,10,12,18,20H,9H2,1-5H3. The smallest absolute Gasteiger partial charge is 0.270 e. The number of aryl methyl sites for hydroxylation is 2. The summed E-state index contributed by atoms with van der Waals surface area (Å²) < 4.78 is 0. The summed E-state index contributed by atoms with van der Waals surface area (Å²) in [6.45, 7) is 10.1. The third-order valence-electron chi connectivity index (χ3n) is 3.92. The summed E-state index contributed by atoms with van der Waals surface area (Å²) >= 11 is 0. The maximum atomic E-state index is 12.7. The second kappa shape index (κ2) is 5.90. The largest absolute Gasteiger partial charge is 0.392 e. The molecule has 21 heavy (non-hydrogen) atoms. The Morgan fingerprint density at radius 2 is 1.95 bits per heavy atom. The summed E-state index contributed by atoms with van der Waals surface area (Å²) in [5.74, 6) is -0.0702. The molecule has 1 amide bonds. The summed E-state index contributed by atoms with van der Waals surface area (Å²) in [6.07, 6.45) is -0.537. The lowest BCUT2D eigenvalue weighted by atomic mass is 10.1. The molecule has 1 heterocycles. The first kappa shape index (κ1) is 15.6. The molecule has 2 rings (SSSR count). The number of aliphatic hydroxyl groups is 1. The molecule has 0 fully saturated rings. The summed E-state index contributed by atoms with van der Waals surface area (Å²) in [5, 5.41) is 10.7. The first-order valence-corrected chi connectivity index (χ1v) is 7.39. The fourth-order valence-corrected chi connectivity index (χ4v) is 2.54. The van der Waals surface area contributed by atoms with Crippen LogP contribution in [0.3, 0.4) is 0 Å². The fourth-order valence-electron chi connectivity index (χ4n) is 2.54. The molecule has 114 valence electrons. The Balaban J connectivity index is 2.40. The van der Waals surface area contributed by atoms with Gasteiger partial charge in [0.15, 0.2) is 0 Å². The number of fused-ring (bicyclic) bond motifs is 1. The van der Waals surface area contributed by atoms with Crippen LogP contribution >= 0.6 is 0 Å². The number of carbonyl (C=O) groups is 1. The van der Waals surface area contributed by atoms with Gasteiger partial charge in [0.25, 0.3) is 5.91 Å². The molecule has 0 aliphatic carbocycles. The predicted octanol–water partition coefficient (Wildman–Crippen LogP) is 3.02. The van der Waals surface area contributed by atoms with E-state index < -0.39 is 6.10 Å². The number of hydrogen-bond donors (Lipinski definition) is 2. The van der Waals surface area contributed by atoms with E-state index >= 15 is 0 Å². The Kier molecular flexibility index (Phi) is 4.37. The number of amides is 1. The van der Waals surface area contributed by atoms with E-state index in [0.29, 0.717) is 12.2 Å². The zero-order valence-electron chi connectivity index (χ0n) is 13.4. The monoisotopic (exact) mass is 288 g/mol. The summed E-state index contributed by atoms with van der Waals surface area (Å²) in [4.78, 5) is 17.6. The lowest BCUT2D eigenvalue weighted by Crippen LogP contribution is -2.41. The lowest BCUT2D eigenvalue weighted by Gasteiger charge is -2.27. The van der Waals surface area contributed by atoms with Gasteiger partial charge in [-0.1, -0.05) is 6.07 Å². The van der Waals surface area contributed by atoms with E-state index in [-0.39, 0.29) is 11.9 Å². The van der Waals surface area contributed by atoms with Crippen molar-refractivity contribution >= 4 is 16.8 Å². The first-order chi connectivity index (χ1) is 9.81. The van der Waals surface area contributed by atoms with Crippen LogP contribution in [-0.4, -0.2) is 39.6 Å². The van der Waals surface area contributed by atoms with Gasteiger partial charge in [-0.2, -0.15) is 0 Å². The highest BCUT2D eigenvalue weighted by Gasteiger charge is 2.22. The van der Waals surface area contributed by atoms with Crippen LogP contribution in [0.15, 0.2) is 18.2 Å². The van der Waals surface area contributed by atoms with Crippen LogP contribution in [0.1, 0.15) is 42.4 Å². The van der Waals surface area contributed by atoms with Crippen molar-refractivity contribution in [3.63, 3.8) is 0 Å². The summed E-state index contributed by atoms with van der Waals surface area (Å²) in [5.41, 5.74) is 3.95. The van der Waals surface area contributed by atoms with Crippen LogP contribution in [0.2, 0.25) is 0 Å². The number of H-pyrrole nitrogens is 1. The van der Waals surface area contributed by atoms with E-state index in [1.54, 1.807) is 11.8 Å². The predicted molar refractivity (Wildman–Crippen MR) is 85.6 cm³/mol. The number of aromatic amines is 1. The highest BCUT2D eigenvalue weighted by atomic mass is 16.3. The highest BCUT2D eigenvalue weighted by Crippen LogP contribution is 2.23. The minimum atomic E-state index is -0.537. The fraction of sp³-hybridized carbons (Fsp3) is 0.471. The number of aromatic nitrogens is 1. The van der Waals surface area contributed by atoms with Crippen molar-refractivity contribution in [3.05, 3.63) is 35.0 Å². The molecular weight excluding hydrogens is 264 g/mol. The van der Waals surface area contributed by atoms with Gasteiger partial charge in [0.05, 0.1) is 6.10 Å². The quantitative estimate of drug-likeness (QED) is 0.908. The van der Waals surface area contributed by atoms with E-state index in [2.05, 4.69) is 24.9 Å². The van der Waals surface area contributed by atoms with Gasteiger partial charge in [0.1, 0.15) is 5.69 Å². The summed E-state index contributed by atoms with van der Waals surface area (Å²) in [7, 11) is 0. The van der Waals surface area contributed by atoms with E-state index in [1.165, 1.54) is 11.1 Å². The maximum absolute atomic E-state index is 12.7. The van der Waals surface area contributed by atoms with Crippen LogP contribution in [-0.2, 0) is 0 Å². The molecule has 0 aliphatic heterocycles. The van der Waals surface area contributed by atoms with Gasteiger partial charge in [0.2, 0.25) is 0 Å². The molecule has 2 aromatic rings. The molecule has 1 aromatic heterocycles. The molecular formula is C17H24N2O2. The first-order valence-electron chi connectivity index (χ1n) is 7.39. The normalized spacial score (nSPS) is 12.9. The van der Waals surface area contributed by atoms with Crippen LogP contribution in [0.4, 0.5) is 0 Å². The van der Waals surface area contributed by atoms with Crippen molar-refractivity contribution < 1.29 is 9.90 Å². The van der Waals surface area contributed by atoms with Gasteiger partial charge in [-0.15, -0.1) is 0 Å². The second-order valence-electron chi connectivity index (χ2n) is 6.05. The van der Waals surface area contributed by atoms with Crippen molar-refractivity contribution in [2.24, 2.45) is 0 Å². The molecule has 1 unspecified atom stereocenters. The topological polar surface area (TPSA) is 56.3 Å². The van der Waals surface area contributed by atoms with Gasteiger partial charge >= 0.3 is 0 Å². The highest BCUT2D eigenvalue weighted by molar-refractivity contribution is 5.99. The molecule has 0 spiro atoms. The Morgan fingerprint density at radius 1 is 1.29 bits per heavy atom. The number of nitrogens with one attached hydrogen (secondary N) is 1. The Bertz CT molecular complexity index is 656. The molecule has 4 nitrogen and oxygen atoms in total. The van der Waals surface area contributed by atoms with Crippen LogP contribution < -0.4 is 0 Å². The third kappa shape index (κ3) is 3.10. The molecule has 4 heteroatoms. The molecule has 0 radical (unpaired) electrons. The number of nitrogens with zero attached hydrogens (tertiary/aromatic N) is 1. The second-order valence-corrected chi connectivity index (χ2v) is 6.05. The molecule has 0 saturated heterocycles. The molecule has 0 bridgehead atoms. The van der Waals surface area contributed by atoms with E-state index in [4.69, 9.17) is 0 Å². The number of carbonyl (C=O) groups excluding carboxylic acids is 1. The van der Waals surface area contributed by atoms with Gasteiger partial charge in [-0.3, -0.25) is 4.79 Å². The average molecular weight is 288 g/mol. The van der Waals surface area contributed by atoms with Crippen LogP contribution in [0, 0.1) is 13.8 Å². The van der Waals surface area contributed by atoms with Crippen LogP contribution in [0.5, 0.6) is 0 Å². The third-order valence-corrected chi connectivity index (χ3v) is 3.92. The minimum absolute atomic E-state index is 0.0429. The van der Waals surface area contributed by atoms with Crippen molar-refractivity contribution in [1.29, 1.82) is 0 Å². The number of benzene rings is 1. The maximum Gasteiger partial charge on any atom is 0.270 e. The summed E-state index contributed by atoms with van der Waals surface area (Å²) in [6, 6.07) is 6.01. The SMILES string of the molecule is Cc1ccc2[nH]c(C(=O)N(CC(C)O)C(C)C)cc2c1C. The molecule has 0 saturated carbocycles. The van der Waals surface area contributed by atoms with Crippen LogP contribution in [0.25, 0.3) is 10.9 Å². The van der Waals surface area contributed by atoms with Gasteiger partial charge in [0, 0.05) is 23.5 Å². The van der Waals surface area contributed by atoms with Crippen molar-refractivity contribution in [2.45, 2.75) is 46.8 Å². The average Bonchev–Trinajstić information content (AvgIpc) is 2.84. The van der Waals surface area contributed by atoms with Crippen molar-refractivity contribution in [3.8, 4) is 0 Å². The number of hydrogen-bond acceptors (Lipinski definition) is 2. The minimum Gasteiger partial charge on any atom is -0.392 e. The van der Waals surface area contributed by atoms with Gasteiger partial charge in [-0.25, -0.2) is 0 Å². The Labute approximate surface area is 125 Å². The Morgan fingerprint density at radius 3 is 2.52 bits per heavy atom. The number of rotatable bonds is 4. The van der Waals surface area contributed by atoms with Gasteiger partial charge in [-0.05, 0) is 57.9 Å². The number of aliphatic hydroxyl groups excluding tert-OH is 1. The zero-order valence-corrected chi connectivity index (χ0v) is 13.4. The molecule has 0 aliphatic rings. The lowest BCUT2D eigenvalue weighted by molar-refractivity contribution is 0.0574. The molecule has 1 atom stereocenters. The molecule has 1 aromatic carbocycles. The van der Waals surface area contributed by atoms with E-state index in [1.807, 2.05) is 26.0 Å². The zero-order chi connectivity index (χ0) is 15.7. The Hall–Kier alpha value is -1.81.